The molecule has 4 nitrogen and oxygen atoms in total. The van der Waals surface area contributed by atoms with E-state index in [9.17, 15) is 9.59 Å². The van der Waals surface area contributed by atoms with Gasteiger partial charge >= 0.3 is 5.97 Å². The lowest BCUT2D eigenvalue weighted by atomic mass is 10.0. The predicted octanol–water partition coefficient (Wildman–Crippen LogP) is 3.17. The topological polar surface area (TPSA) is 66.4 Å². The number of amides is 1. The van der Waals surface area contributed by atoms with Gasteiger partial charge in [0.15, 0.2) is 0 Å². The van der Waals surface area contributed by atoms with E-state index in [2.05, 4.69) is 5.32 Å². The molecule has 1 amide bonds. The van der Waals surface area contributed by atoms with Crippen LogP contribution < -0.4 is 5.32 Å². The first kappa shape index (κ1) is 17.6. The number of carboxylic acids is 1. The van der Waals surface area contributed by atoms with Crippen molar-refractivity contribution < 1.29 is 14.7 Å². The lowest BCUT2D eigenvalue weighted by molar-refractivity contribution is -0.141. The number of thioether (sulfide) groups is 1. The fourth-order valence-electron chi connectivity index (χ4n) is 1.98. The molecule has 2 atom stereocenters. The Morgan fingerprint density at radius 2 is 1.90 bits per heavy atom. The molecule has 0 radical (unpaired) electrons. The molecule has 0 aliphatic rings. The minimum Gasteiger partial charge on any atom is -0.481 e. The van der Waals surface area contributed by atoms with Gasteiger partial charge in [0.25, 0.3) is 0 Å². The summed E-state index contributed by atoms with van der Waals surface area (Å²) < 4.78 is 0. The summed E-state index contributed by atoms with van der Waals surface area (Å²) in [5.74, 6) is -1.44. The number of hydrogen-bond acceptors (Lipinski definition) is 3. The second-order valence-corrected chi connectivity index (χ2v) is 6.17. The Bertz CT molecular complexity index is 450. The van der Waals surface area contributed by atoms with Crippen molar-refractivity contribution in [2.75, 3.05) is 6.54 Å². The molecule has 0 spiro atoms. The summed E-state index contributed by atoms with van der Waals surface area (Å²) in [5.41, 5.74) is 0. The number of rotatable bonds is 9. The van der Waals surface area contributed by atoms with E-state index in [-0.39, 0.29) is 17.7 Å². The van der Waals surface area contributed by atoms with Gasteiger partial charge in [0.2, 0.25) is 5.91 Å². The van der Waals surface area contributed by atoms with E-state index < -0.39 is 11.9 Å². The van der Waals surface area contributed by atoms with Crippen LogP contribution in [0.1, 0.15) is 33.1 Å². The maximum atomic E-state index is 12.2. The number of aliphatic carboxylic acids is 1. The molecule has 5 heteroatoms. The molecular weight excluding hydrogens is 286 g/mol. The molecule has 1 aromatic rings. The molecule has 116 valence electrons. The fraction of sp³-hybridized carbons (Fsp3) is 0.500. The first-order valence-corrected chi connectivity index (χ1v) is 8.18. The molecule has 1 aromatic carbocycles. The van der Waals surface area contributed by atoms with Crippen LogP contribution in [-0.2, 0) is 9.59 Å². The molecule has 2 unspecified atom stereocenters. The van der Waals surface area contributed by atoms with E-state index in [1.807, 2.05) is 44.2 Å². The van der Waals surface area contributed by atoms with E-state index >= 15 is 0 Å². The van der Waals surface area contributed by atoms with E-state index in [0.717, 1.165) is 11.3 Å². The van der Waals surface area contributed by atoms with Gasteiger partial charge in [-0.05, 0) is 25.0 Å². The van der Waals surface area contributed by atoms with Crippen molar-refractivity contribution >= 4 is 23.6 Å². The monoisotopic (exact) mass is 309 g/mol. The normalized spacial score (nSPS) is 13.4. The molecule has 0 saturated heterocycles. The van der Waals surface area contributed by atoms with E-state index in [4.69, 9.17) is 5.11 Å². The van der Waals surface area contributed by atoms with Crippen molar-refractivity contribution in [2.24, 2.45) is 5.92 Å². The SMILES string of the molecule is CCCC(CNC(=O)C(CC)Sc1ccccc1)C(=O)O. The highest BCUT2D eigenvalue weighted by molar-refractivity contribution is 8.00. The quantitative estimate of drug-likeness (QED) is 0.688. The van der Waals surface area contributed by atoms with Crippen LogP contribution in [0.2, 0.25) is 0 Å². The number of carbonyl (C=O) groups excluding carboxylic acids is 1. The van der Waals surface area contributed by atoms with Gasteiger partial charge in [-0.3, -0.25) is 9.59 Å². The number of hydrogen-bond donors (Lipinski definition) is 2. The summed E-state index contributed by atoms with van der Waals surface area (Å²) in [7, 11) is 0. The maximum absolute atomic E-state index is 12.2. The van der Waals surface area contributed by atoms with E-state index in [1.54, 1.807) is 0 Å². The summed E-state index contributed by atoms with van der Waals surface area (Å²) in [6.07, 6.45) is 2.08. The van der Waals surface area contributed by atoms with E-state index in [0.29, 0.717) is 12.8 Å². The van der Waals surface area contributed by atoms with Crippen LogP contribution in [0.5, 0.6) is 0 Å². The third-order valence-electron chi connectivity index (χ3n) is 3.19. The highest BCUT2D eigenvalue weighted by Gasteiger charge is 2.21. The summed E-state index contributed by atoms with van der Waals surface area (Å²) in [6, 6.07) is 9.76. The molecule has 0 fully saturated rings. The number of nitrogens with one attached hydrogen (secondary N) is 1. The fourth-order valence-corrected chi connectivity index (χ4v) is 2.98. The van der Waals surface area contributed by atoms with Crippen LogP contribution in [0, 0.1) is 5.92 Å². The highest BCUT2D eigenvalue weighted by Crippen LogP contribution is 2.25. The Hall–Kier alpha value is -1.49. The van der Waals surface area contributed by atoms with Crippen LogP contribution in [0.3, 0.4) is 0 Å². The zero-order chi connectivity index (χ0) is 15.7. The zero-order valence-corrected chi connectivity index (χ0v) is 13.4. The molecule has 21 heavy (non-hydrogen) atoms. The van der Waals surface area contributed by atoms with Gasteiger partial charge in [-0.15, -0.1) is 11.8 Å². The van der Waals surface area contributed by atoms with Crippen LogP contribution in [0.25, 0.3) is 0 Å². The lowest BCUT2D eigenvalue weighted by Gasteiger charge is -2.17. The standard InChI is InChI=1S/C16H23NO3S/c1-3-8-12(16(19)20)11-17-15(18)14(4-2)21-13-9-6-5-7-10-13/h5-7,9-10,12,14H,3-4,8,11H2,1-2H3,(H,17,18)(H,19,20). The van der Waals surface area contributed by atoms with Crippen LogP contribution in [0.4, 0.5) is 0 Å². The van der Waals surface area contributed by atoms with Gasteiger partial charge < -0.3 is 10.4 Å². The first-order valence-electron chi connectivity index (χ1n) is 7.30. The van der Waals surface area contributed by atoms with Crippen LogP contribution in [-0.4, -0.2) is 28.8 Å². The smallest absolute Gasteiger partial charge is 0.308 e. The molecule has 0 aliphatic heterocycles. The number of benzene rings is 1. The van der Waals surface area contributed by atoms with Gasteiger partial charge in [0.05, 0.1) is 11.2 Å². The predicted molar refractivity (Wildman–Crippen MR) is 85.4 cm³/mol. The van der Waals surface area contributed by atoms with Gasteiger partial charge in [0.1, 0.15) is 0 Å². The number of carboxylic acid groups (broad SMARTS) is 1. The van der Waals surface area contributed by atoms with Crippen molar-refractivity contribution in [3.05, 3.63) is 30.3 Å². The third-order valence-corrected chi connectivity index (χ3v) is 4.57. The van der Waals surface area contributed by atoms with Crippen molar-refractivity contribution in [1.82, 2.24) is 5.32 Å². The van der Waals surface area contributed by atoms with Gasteiger partial charge in [-0.1, -0.05) is 38.5 Å². The lowest BCUT2D eigenvalue weighted by Crippen LogP contribution is -2.37. The third kappa shape index (κ3) is 6.21. The Balaban J connectivity index is 2.53. The van der Waals surface area contributed by atoms with E-state index in [1.165, 1.54) is 11.8 Å². The summed E-state index contributed by atoms with van der Waals surface area (Å²) in [4.78, 5) is 24.3. The Morgan fingerprint density at radius 3 is 2.43 bits per heavy atom. The average molecular weight is 309 g/mol. The van der Waals surface area contributed by atoms with Crippen molar-refractivity contribution in [3.63, 3.8) is 0 Å². The summed E-state index contributed by atoms with van der Waals surface area (Å²) >= 11 is 1.51. The van der Waals surface area contributed by atoms with Gasteiger partial charge in [-0.2, -0.15) is 0 Å². The van der Waals surface area contributed by atoms with Crippen molar-refractivity contribution in [2.45, 2.75) is 43.3 Å². The van der Waals surface area contributed by atoms with Gasteiger partial charge in [-0.25, -0.2) is 0 Å². The highest BCUT2D eigenvalue weighted by atomic mass is 32.2. The molecular formula is C16H23NO3S. The van der Waals surface area contributed by atoms with Crippen molar-refractivity contribution in [3.8, 4) is 0 Å². The average Bonchev–Trinajstić information content (AvgIpc) is 2.49. The van der Waals surface area contributed by atoms with Crippen LogP contribution >= 0.6 is 11.8 Å². The minimum atomic E-state index is -0.846. The molecule has 2 N–H and O–H groups in total. The summed E-state index contributed by atoms with van der Waals surface area (Å²) in [5, 5.41) is 11.7. The molecule has 0 heterocycles. The minimum absolute atomic E-state index is 0.0892. The Kier molecular flexibility index (Phi) is 7.90. The second-order valence-electron chi connectivity index (χ2n) is 4.90. The Labute approximate surface area is 130 Å². The molecule has 1 rings (SSSR count). The molecule has 0 aliphatic carbocycles. The molecule has 0 aromatic heterocycles. The summed E-state index contributed by atoms with van der Waals surface area (Å²) in [6.45, 7) is 4.10. The second kappa shape index (κ2) is 9.45. The molecule has 0 saturated carbocycles. The largest absolute Gasteiger partial charge is 0.481 e. The van der Waals surface area contributed by atoms with Crippen molar-refractivity contribution in [1.29, 1.82) is 0 Å². The van der Waals surface area contributed by atoms with Crippen LogP contribution in [0.15, 0.2) is 35.2 Å². The molecule has 0 bridgehead atoms. The maximum Gasteiger partial charge on any atom is 0.308 e. The zero-order valence-electron chi connectivity index (χ0n) is 12.5. The first-order chi connectivity index (χ1) is 10.1. The number of carbonyl (C=O) groups is 2. The van der Waals surface area contributed by atoms with Gasteiger partial charge in [0, 0.05) is 11.4 Å². The Morgan fingerprint density at radius 1 is 1.24 bits per heavy atom.